The summed E-state index contributed by atoms with van der Waals surface area (Å²) in [5, 5.41) is 0.362. The highest BCUT2D eigenvalue weighted by Crippen LogP contribution is 2.31. The second-order valence-electron chi connectivity index (χ2n) is 3.05. The molecule has 0 fully saturated rings. The van der Waals surface area contributed by atoms with E-state index in [-0.39, 0.29) is 5.97 Å². The lowest BCUT2D eigenvalue weighted by Gasteiger charge is -1.97. The third kappa shape index (κ3) is 1.86. The number of benzene rings is 1. The fourth-order valence-electron chi connectivity index (χ4n) is 1.36. The number of rotatable bonds is 3. The fourth-order valence-corrected chi connectivity index (χ4v) is 2.31. The van der Waals surface area contributed by atoms with Crippen molar-refractivity contribution in [2.24, 2.45) is 0 Å². The van der Waals surface area contributed by atoms with E-state index in [1.807, 2.05) is 18.2 Å². The Labute approximate surface area is 96.8 Å². The highest BCUT2D eigenvalue weighted by molar-refractivity contribution is 7.20. The second kappa shape index (κ2) is 4.49. The smallest absolute Gasteiger partial charge is 0.367 e. The molecule has 2 aromatic rings. The van der Waals surface area contributed by atoms with Gasteiger partial charge in [0.1, 0.15) is 5.75 Å². The van der Waals surface area contributed by atoms with Crippen molar-refractivity contribution in [1.82, 2.24) is 4.98 Å². The molecule has 0 saturated heterocycles. The van der Waals surface area contributed by atoms with E-state index in [0.717, 1.165) is 16.0 Å². The number of carbonyl (C=O) groups excluding carboxylic acids is 1. The monoisotopic (exact) mass is 237 g/mol. The Morgan fingerprint density at radius 1 is 1.50 bits per heavy atom. The first-order chi connectivity index (χ1) is 7.76. The minimum absolute atomic E-state index is 0.353. The van der Waals surface area contributed by atoms with Gasteiger partial charge < -0.3 is 9.47 Å². The summed E-state index contributed by atoms with van der Waals surface area (Å²) in [4.78, 5) is 15.7. The first-order valence-corrected chi connectivity index (χ1v) is 5.68. The molecule has 0 unspecified atom stereocenters. The number of aromatic nitrogens is 1. The Hall–Kier alpha value is -1.62. The van der Waals surface area contributed by atoms with Gasteiger partial charge in [-0.15, -0.1) is 11.3 Å². The van der Waals surface area contributed by atoms with Crippen molar-refractivity contribution in [3.05, 3.63) is 23.2 Å². The van der Waals surface area contributed by atoms with Crippen molar-refractivity contribution in [3.63, 3.8) is 0 Å². The molecule has 0 aliphatic rings. The maximum atomic E-state index is 11.5. The highest BCUT2D eigenvalue weighted by Gasteiger charge is 2.15. The van der Waals surface area contributed by atoms with Crippen LogP contribution in [0.5, 0.6) is 5.75 Å². The minimum atomic E-state index is -0.384. The number of hydrogen-bond donors (Lipinski definition) is 0. The zero-order valence-electron chi connectivity index (χ0n) is 9.02. The van der Waals surface area contributed by atoms with E-state index < -0.39 is 0 Å². The average molecular weight is 237 g/mol. The van der Waals surface area contributed by atoms with E-state index in [1.165, 1.54) is 11.3 Å². The first kappa shape index (κ1) is 10.9. The molecule has 0 spiro atoms. The lowest BCUT2D eigenvalue weighted by molar-refractivity contribution is 0.0526. The number of carbonyl (C=O) groups is 1. The van der Waals surface area contributed by atoms with Gasteiger partial charge in [-0.1, -0.05) is 6.07 Å². The summed E-state index contributed by atoms with van der Waals surface area (Å²) < 4.78 is 11.0. The molecule has 1 aromatic heterocycles. The van der Waals surface area contributed by atoms with Gasteiger partial charge in [0.15, 0.2) is 0 Å². The summed E-state index contributed by atoms with van der Waals surface area (Å²) in [6.07, 6.45) is 0. The van der Waals surface area contributed by atoms with Gasteiger partial charge in [-0.2, -0.15) is 0 Å². The standard InChI is InChI=1S/C11H11NO3S/c1-3-15-11(13)10-12-7-5-4-6-8(14-2)9(7)16-10/h4-6H,3H2,1-2H3. The highest BCUT2D eigenvalue weighted by atomic mass is 32.1. The molecule has 0 saturated carbocycles. The van der Waals surface area contributed by atoms with Crippen LogP contribution in [-0.4, -0.2) is 24.7 Å². The third-order valence-electron chi connectivity index (χ3n) is 2.05. The molecule has 1 heterocycles. The second-order valence-corrected chi connectivity index (χ2v) is 4.05. The summed E-state index contributed by atoms with van der Waals surface area (Å²) in [6, 6.07) is 5.53. The predicted octanol–water partition coefficient (Wildman–Crippen LogP) is 2.48. The van der Waals surface area contributed by atoms with Crippen LogP contribution in [0, 0.1) is 0 Å². The van der Waals surface area contributed by atoms with E-state index >= 15 is 0 Å². The van der Waals surface area contributed by atoms with E-state index in [1.54, 1.807) is 14.0 Å². The van der Waals surface area contributed by atoms with E-state index in [2.05, 4.69) is 4.98 Å². The zero-order valence-corrected chi connectivity index (χ0v) is 9.84. The lowest BCUT2D eigenvalue weighted by Crippen LogP contribution is -2.03. The molecule has 0 atom stereocenters. The molecule has 2 rings (SSSR count). The zero-order chi connectivity index (χ0) is 11.5. The van der Waals surface area contributed by atoms with Crippen molar-refractivity contribution in [2.75, 3.05) is 13.7 Å². The van der Waals surface area contributed by atoms with Crippen LogP contribution in [0.2, 0.25) is 0 Å². The van der Waals surface area contributed by atoms with Crippen molar-refractivity contribution >= 4 is 27.5 Å². The number of esters is 1. The van der Waals surface area contributed by atoms with Gasteiger partial charge in [0.2, 0.25) is 5.01 Å². The number of ether oxygens (including phenoxy) is 2. The third-order valence-corrected chi connectivity index (χ3v) is 3.11. The van der Waals surface area contributed by atoms with Gasteiger partial charge >= 0.3 is 5.97 Å². The van der Waals surface area contributed by atoms with Gasteiger partial charge in [0.25, 0.3) is 0 Å². The Morgan fingerprint density at radius 2 is 2.31 bits per heavy atom. The Morgan fingerprint density at radius 3 is 3.00 bits per heavy atom. The van der Waals surface area contributed by atoms with Crippen LogP contribution in [0.15, 0.2) is 18.2 Å². The minimum Gasteiger partial charge on any atom is -0.495 e. The lowest BCUT2D eigenvalue weighted by atomic mass is 10.3. The Bertz CT molecular complexity index is 521. The molecule has 1 aromatic carbocycles. The van der Waals surface area contributed by atoms with Gasteiger partial charge in [-0.3, -0.25) is 0 Å². The number of nitrogens with zero attached hydrogens (tertiary/aromatic N) is 1. The van der Waals surface area contributed by atoms with E-state index in [0.29, 0.717) is 11.6 Å². The first-order valence-electron chi connectivity index (χ1n) is 4.87. The summed E-state index contributed by atoms with van der Waals surface area (Å²) in [5.74, 6) is 0.344. The fraction of sp³-hybridized carbons (Fsp3) is 0.273. The van der Waals surface area contributed by atoms with E-state index in [9.17, 15) is 4.79 Å². The number of thiazole rings is 1. The maximum Gasteiger partial charge on any atom is 0.367 e. The van der Waals surface area contributed by atoms with Crippen LogP contribution in [0.1, 0.15) is 16.7 Å². The molecule has 0 radical (unpaired) electrons. The molecule has 0 N–H and O–H groups in total. The van der Waals surface area contributed by atoms with Crippen molar-refractivity contribution in [1.29, 1.82) is 0 Å². The molecule has 0 aliphatic heterocycles. The molecular formula is C11H11NO3S. The molecule has 16 heavy (non-hydrogen) atoms. The number of methoxy groups -OCH3 is 1. The number of hydrogen-bond acceptors (Lipinski definition) is 5. The molecular weight excluding hydrogens is 226 g/mol. The molecule has 84 valence electrons. The van der Waals surface area contributed by atoms with Crippen LogP contribution < -0.4 is 4.74 Å². The van der Waals surface area contributed by atoms with Gasteiger partial charge in [-0.25, -0.2) is 9.78 Å². The van der Waals surface area contributed by atoms with Crippen LogP contribution in [0.4, 0.5) is 0 Å². The average Bonchev–Trinajstić information content (AvgIpc) is 2.72. The topological polar surface area (TPSA) is 48.4 Å². The number of fused-ring (bicyclic) bond motifs is 1. The normalized spacial score (nSPS) is 10.4. The molecule has 0 amide bonds. The van der Waals surface area contributed by atoms with Crippen LogP contribution >= 0.6 is 11.3 Å². The largest absolute Gasteiger partial charge is 0.495 e. The maximum absolute atomic E-state index is 11.5. The predicted molar refractivity (Wildman–Crippen MR) is 62.1 cm³/mol. The summed E-state index contributed by atoms with van der Waals surface area (Å²) in [5.41, 5.74) is 0.757. The summed E-state index contributed by atoms with van der Waals surface area (Å²) >= 11 is 1.29. The van der Waals surface area contributed by atoms with Crippen LogP contribution in [-0.2, 0) is 4.74 Å². The summed E-state index contributed by atoms with van der Waals surface area (Å²) in [6.45, 7) is 2.12. The summed E-state index contributed by atoms with van der Waals surface area (Å²) in [7, 11) is 1.60. The quantitative estimate of drug-likeness (QED) is 0.769. The van der Waals surface area contributed by atoms with Crippen molar-refractivity contribution in [2.45, 2.75) is 6.92 Å². The van der Waals surface area contributed by atoms with Crippen molar-refractivity contribution in [3.8, 4) is 5.75 Å². The van der Waals surface area contributed by atoms with Crippen LogP contribution in [0.25, 0.3) is 10.2 Å². The molecule has 0 bridgehead atoms. The molecule has 4 nitrogen and oxygen atoms in total. The van der Waals surface area contributed by atoms with Crippen LogP contribution in [0.3, 0.4) is 0 Å². The van der Waals surface area contributed by atoms with E-state index in [4.69, 9.17) is 9.47 Å². The SMILES string of the molecule is CCOC(=O)c1nc2cccc(OC)c2s1. The Balaban J connectivity index is 2.47. The Kier molecular flexibility index (Phi) is 3.05. The van der Waals surface area contributed by atoms with Crippen molar-refractivity contribution < 1.29 is 14.3 Å². The van der Waals surface area contributed by atoms with Gasteiger partial charge in [0.05, 0.1) is 23.9 Å². The van der Waals surface area contributed by atoms with Gasteiger partial charge in [0, 0.05) is 0 Å². The van der Waals surface area contributed by atoms with Gasteiger partial charge in [-0.05, 0) is 19.1 Å². The molecule has 0 aliphatic carbocycles. The molecule has 5 heteroatoms.